The lowest BCUT2D eigenvalue weighted by Gasteiger charge is -2.28. The molecule has 0 aliphatic carbocycles. The predicted octanol–water partition coefficient (Wildman–Crippen LogP) is 3.24. The molecule has 2 aromatic carbocycles. The monoisotopic (exact) mass is 284 g/mol. The topological polar surface area (TPSA) is 57.5 Å². The second-order valence-electron chi connectivity index (χ2n) is 5.50. The molecule has 0 aromatic heterocycles. The summed E-state index contributed by atoms with van der Waals surface area (Å²) in [6, 6.07) is 10.3. The zero-order valence-electron chi connectivity index (χ0n) is 12.8. The van der Waals surface area contributed by atoms with Crippen LogP contribution in [0.1, 0.15) is 33.4 Å². The molecule has 0 fully saturated rings. The normalized spacial score (nSPS) is 13.8. The third kappa shape index (κ3) is 2.34. The van der Waals surface area contributed by atoms with Crippen molar-refractivity contribution in [1.29, 1.82) is 0 Å². The highest BCUT2D eigenvalue weighted by Crippen LogP contribution is 2.35. The summed E-state index contributed by atoms with van der Waals surface area (Å²) >= 11 is 0. The van der Waals surface area contributed by atoms with Gasteiger partial charge in [0.05, 0.1) is 0 Å². The average molecular weight is 284 g/mol. The molecule has 0 saturated carbocycles. The Labute approximate surface area is 124 Å². The molecule has 3 heteroatoms. The van der Waals surface area contributed by atoms with Crippen LogP contribution >= 0.6 is 0 Å². The molecule has 0 aliphatic heterocycles. The predicted molar refractivity (Wildman–Crippen MR) is 82.5 cm³/mol. The van der Waals surface area contributed by atoms with Crippen molar-refractivity contribution >= 4 is 5.97 Å². The summed E-state index contributed by atoms with van der Waals surface area (Å²) in [5.41, 5.74) is 2.69. The zero-order chi connectivity index (χ0) is 15.8. The smallest absolute Gasteiger partial charge is 0.345 e. The van der Waals surface area contributed by atoms with Crippen LogP contribution in [0, 0.1) is 27.7 Å². The second kappa shape index (κ2) is 5.34. The minimum atomic E-state index is -2.03. The van der Waals surface area contributed by atoms with Crippen molar-refractivity contribution < 1.29 is 15.0 Å². The number of aryl methyl sites for hydroxylation is 1. The lowest BCUT2D eigenvalue weighted by atomic mass is 9.80. The Morgan fingerprint density at radius 1 is 0.952 bits per heavy atom. The fourth-order valence-electron chi connectivity index (χ4n) is 2.66. The van der Waals surface area contributed by atoms with E-state index in [1.165, 1.54) is 0 Å². The van der Waals surface area contributed by atoms with Crippen molar-refractivity contribution in [3.05, 3.63) is 69.8 Å². The van der Waals surface area contributed by atoms with Crippen molar-refractivity contribution in [2.24, 2.45) is 0 Å². The fourth-order valence-corrected chi connectivity index (χ4v) is 2.66. The quantitative estimate of drug-likeness (QED) is 0.909. The molecule has 0 heterocycles. The van der Waals surface area contributed by atoms with Gasteiger partial charge in [0.15, 0.2) is 0 Å². The first-order valence-corrected chi connectivity index (χ1v) is 6.89. The third-order valence-corrected chi connectivity index (χ3v) is 4.37. The maximum atomic E-state index is 11.8. The largest absolute Gasteiger partial charge is 0.479 e. The zero-order valence-corrected chi connectivity index (χ0v) is 12.8. The molecule has 1 atom stereocenters. The number of rotatable bonds is 3. The van der Waals surface area contributed by atoms with Crippen molar-refractivity contribution in [2.45, 2.75) is 33.3 Å². The SMILES string of the molecule is Cc1cc(C(O)(C(=O)O)c2ccccc2)c(C)c(C)c1C. The minimum absolute atomic E-state index is 0.364. The van der Waals surface area contributed by atoms with Gasteiger partial charge in [0.25, 0.3) is 0 Å². The van der Waals surface area contributed by atoms with E-state index in [4.69, 9.17) is 0 Å². The molecule has 0 saturated heterocycles. The molecule has 0 aliphatic rings. The summed E-state index contributed by atoms with van der Waals surface area (Å²) in [4.78, 5) is 11.8. The second-order valence-corrected chi connectivity index (χ2v) is 5.50. The standard InChI is InChI=1S/C18H20O3/c1-11-10-16(14(4)13(3)12(11)2)18(21,17(19)20)15-8-6-5-7-9-15/h5-10,21H,1-4H3,(H,19,20). The van der Waals surface area contributed by atoms with Crippen LogP contribution < -0.4 is 0 Å². The summed E-state index contributed by atoms with van der Waals surface area (Å²) < 4.78 is 0. The number of carboxylic acids is 1. The van der Waals surface area contributed by atoms with E-state index < -0.39 is 11.6 Å². The van der Waals surface area contributed by atoms with Crippen molar-refractivity contribution in [3.63, 3.8) is 0 Å². The van der Waals surface area contributed by atoms with E-state index in [2.05, 4.69) is 0 Å². The highest BCUT2D eigenvalue weighted by molar-refractivity contribution is 5.84. The number of carboxylic acid groups (broad SMARTS) is 1. The molecular weight excluding hydrogens is 264 g/mol. The van der Waals surface area contributed by atoms with Gasteiger partial charge in [0.1, 0.15) is 0 Å². The van der Waals surface area contributed by atoms with E-state index >= 15 is 0 Å². The fraction of sp³-hybridized carbons (Fsp3) is 0.278. The number of hydrogen-bond donors (Lipinski definition) is 2. The van der Waals surface area contributed by atoms with Gasteiger partial charge in [-0.3, -0.25) is 0 Å². The van der Waals surface area contributed by atoms with Crippen LogP contribution in [0.4, 0.5) is 0 Å². The number of hydrogen-bond acceptors (Lipinski definition) is 2. The van der Waals surface area contributed by atoms with Crippen LogP contribution in [0.25, 0.3) is 0 Å². The van der Waals surface area contributed by atoms with Gasteiger partial charge in [0, 0.05) is 5.56 Å². The van der Waals surface area contributed by atoms with Gasteiger partial charge in [-0.05, 0) is 55.5 Å². The van der Waals surface area contributed by atoms with E-state index in [9.17, 15) is 15.0 Å². The molecule has 0 radical (unpaired) electrons. The van der Waals surface area contributed by atoms with Crippen LogP contribution in [0.15, 0.2) is 36.4 Å². The molecule has 1 unspecified atom stereocenters. The van der Waals surface area contributed by atoms with Gasteiger partial charge in [-0.2, -0.15) is 0 Å². The van der Waals surface area contributed by atoms with Gasteiger partial charge in [-0.1, -0.05) is 36.4 Å². The Hall–Kier alpha value is -2.13. The van der Waals surface area contributed by atoms with Crippen LogP contribution in [0.3, 0.4) is 0 Å². The van der Waals surface area contributed by atoms with Crippen LogP contribution in [0.2, 0.25) is 0 Å². The van der Waals surface area contributed by atoms with Crippen molar-refractivity contribution in [1.82, 2.24) is 0 Å². The number of benzene rings is 2. The molecular formula is C18H20O3. The summed E-state index contributed by atoms with van der Waals surface area (Å²) in [6.45, 7) is 7.74. The first kappa shape index (κ1) is 15.3. The Morgan fingerprint density at radius 3 is 2.05 bits per heavy atom. The van der Waals surface area contributed by atoms with E-state index in [1.54, 1.807) is 36.4 Å². The molecule has 0 amide bonds. The molecule has 110 valence electrons. The number of aliphatic hydroxyl groups is 1. The Balaban J connectivity index is 2.80. The van der Waals surface area contributed by atoms with Crippen molar-refractivity contribution in [2.75, 3.05) is 0 Å². The summed E-state index contributed by atoms with van der Waals surface area (Å²) in [6.07, 6.45) is 0. The van der Waals surface area contributed by atoms with Gasteiger partial charge >= 0.3 is 5.97 Å². The molecule has 2 N–H and O–H groups in total. The summed E-state index contributed by atoms with van der Waals surface area (Å²) in [5, 5.41) is 20.6. The average Bonchev–Trinajstić information content (AvgIpc) is 2.48. The van der Waals surface area contributed by atoms with Gasteiger partial charge in [-0.25, -0.2) is 4.79 Å². The molecule has 0 bridgehead atoms. The number of aliphatic carboxylic acids is 1. The van der Waals surface area contributed by atoms with Gasteiger partial charge in [-0.15, -0.1) is 0 Å². The van der Waals surface area contributed by atoms with Gasteiger partial charge in [0.2, 0.25) is 5.60 Å². The van der Waals surface area contributed by atoms with E-state index in [1.807, 2.05) is 27.7 Å². The Kier molecular flexibility index (Phi) is 3.88. The van der Waals surface area contributed by atoms with Crippen LogP contribution in [-0.4, -0.2) is 16.2 Å². The van der Waals surface area contributed by atoms with E-state index in [-0.39, 0.29) is 0 Å². The van der Waals surface area contributed by atoms with Crippen LogP contribution in [-0.2, 0) is 10.4 Å². The molecule has 21 heavy (non-hydrogen) atoms. The summed E-state index contributed by atoms with van der Waals surface area (Å²) in [7, 11) is 0. The first-order chi connectivity index (χ1) is 9.80. The Morgan fingerprint density at radius 2 is 1.52 bits per heavy atom. The van der Waals surface area contributed by atoms with E-state index in [0.717, 1.165) is 22.3 Å². The maximum Gasteiger partial charge on any atom is 0.345 e. The highest BCUT2D eigenvalue weighted by Gasteiger charge is 2.41. The number of carbonyl (C=O) groups is 1. The van der Waals surface area contributed by atoms with E-state index in [0.29, 0.717) is 11.1 Å². The molecule has 0 spiro atoms. The van der Waals surface area contributed by atoms with Gasteiger partial charge < -0.3 is 10.2 Å². The van der Waals surface area contributed by atoms with Crippen LogP contribution in [0.5, 0.6) is 0 Å². The Bertz CT molecular complexity index is 689. The lowest BCUT2D eigenvalue weighted by molar-refractivity contribution is -0.155. The molecule has 2 rings (SSSR count). The highest BCUT2D eigenvalue weighted by atomic mass is 16.4. The maximum absolute atomic E-state index is 11.8. The lowest BCUT2D eigenvalue weighted by Crippen LogP contribution is -2.37. The first-order valence-electron chi connectivity index (χ1n) is 6.89. The third-order valence-electron chi connectivity index (χ3n) is 4.37. The summed E-state index contributed by atoms with van der Waals surface area (Å²) in [5.74, 6) is -1.26. The van der Waals surface area contributed by atoms with Crippen molar-refractivity contribution in [3.8, 4) is 0 Å². The molecule has 3 nitrogen and oxygen atoms in total. The minimum Gasteiger partial charge on any atom is -0.479 e. The molecule has 2 aromatic rings.